The van der Waals surface area contributed by atoms with Crippen LogP contribution in [0.1, 0.15) is 41.0 Å². The number of rotatable bonds is 8. The van der Waals surface area contributed by atoms with Crippen molar-refractivity contribution in [2.75, 3.05) is 11.9 Å². The van der Waals surface area contributed by atoms with Crippen molar-refractivity contribution in [3.05, 3.63) is 72.1 Å². The van der Waals surface area contributed by atoms with Crippen molar-refractivity contribution in [3.63, 3.8) is 0 Å². The van der Waals surface area contributed by atoms with Gasteiger partial charge in [-0.3, -0.25) is 4.79 Å². The van der Waals surface area contributed by atoms with Crippen LogP contribution in [0.15, 0.2) is 60.9 Å². The molecule has 0 saturated carbocycles. The van der Waals surface area contributed by atoms with Crippen LogP contribution in [0, 0.1) is 0 Å². The zero-order valence-electron chi connectivity index (χ0n) is 17.3. The minimum absolute atomic E-state index is 0.284. The average Bonchev–Trinajstić information content (AvgIpc) is 3.33. The maximum atomic E-state index is 12.5. The molecule has 8 heteroatoms. The van der Waals surface area contributed by atoms with Gasteiger partial charge in [-0.15, -0.1) is 0 Å². The number of imidazole rings is 1. The Morgan fingerprint density at radius 3 is 2.19 bits per heavy atom. The summed E-state index contributed by atoms with van der Waals surface area (Å²) in [5.74, 6) is -0.781. The number of amides is 1. The Bertz CT molecular complexity index is 1030. The van der Waals surface area contributed by atoms with Gasteiger partial charge >= 0.3 is 11.9 Å². The molecule has 0 aliphatic rings. The fourth-order valence-electron chi connectivity index (χ4n) is 2.83. The van der Waals surface area contributed by atoms with Crippen molar-refractivity contribution in [1.29, 1.82) is 0 Å². The minimum Gasteiger partial charge on any atom is -0.462 e. The molecule has 160 valence electrons. The maximum Gasteiger partial charge on any atom is 0.338 e. The number of aromatic amines is 1. The molecule has 3 rings (SSSR count). The van der Waals surface area contributed by atoms with E-state index in [1.807, 2.05) is 0 Å². The number of carbonyl (C=O) groups excluding carboxylic acids is 3. The first-order chi connectivity index (χ1) is 15.0. The van der Waals surface area contributed by atoms with Crippen molar-refractivity contribution in [1.82, 2.24) is 9.97 Å². The lowest BCUT2D eigenvalue weighted by atomic mass is 10.1. The summed E-state index contributed by atoms with van der Waals surface area (Å²) in [6.45, 7) is 3.76. The second-order valence-electron chi connectivity index (χ2n) is 6.60. The summed E-state index contributed by atoms with van der Waals surface area (Å²) in [4.78, 5) is 43.9. The molecule has 8 nitrogen and oxygen atoms in total. The van der Waals surface area contributed by atoms with Gasteiger partial charge in [-0.25, -0.2) is 14.6 Å². The van der Waals surface area contributed by atoms with Gasteiger partial charge in [0.15, 0.2) is 6.10 Å². The highest BCUT2D eigenvalue weighted by Gasteiger charge is 2.22. The van der Waals surface area contributed by atoms with Gasteiger partial charge in [0.2, 0.25) is 0 Å². The Labute approximate surface area is 179 Å². The molecule has 2 N–H and O–H groups in total. The Morgan fingerprint density at radius 1 is 0.968 bits per heavy atom. The Kier molecular flexibility index (Phi) is 7.16. The zero-order chi connectivity index (χ0) is 22.2. The van der Waals surface area contributed by atoms with Crippen LogP contribution in [-0.2, 0) is 14.3 Å². The molecule has 0 bridgehead atoms. The molecule has 0 fully saturated rings. The molecule has 0 saturated heterocycles. The van der Waals surface area contributed by atoms with Crippen LogP contribution in [-0.4, -0.2) is 40.5 Å². The summed E-state index contributed by atoms with van der Waals surface area (Å²) >= 11 is 0. The highest BCUT2D eigenvalue weighted by Crippen LogP contribution is 2.17. The number of H-pyrrole nitrogens is 1. The molecule has 0 spiro atoms. The summed E-state index contributed by atoms with van der Waals surface area (Å²) in [6, 6.07) is 13.0. The third kappa shape index (κ3) is 5.57. The van der Waals surface area contributed by atoms with Crippen LogP contribution in [0.2, 0.25) is 0 Å². The van der Waals surface area contributed by atoms with Crippen molar-refractivity contribution in [2.24, 2.45) is 0 Å². The van der Waals surface area contributed by atoms with Gasteiger partial charge in [0.1, 0.15) is 5.82 Å². The van der Waals surface area contributed by atoms with Crippen LogP contribution >= 0.6 is 0 Å². The van der Waals surface area contributed by atoms with Crippen LogP contribution in [0.5, 0.6) is 0 Å². The summed E-state index contributed by atoms with van der Waals surface area (Å²) in [7, 11) is 0. The topological polar surface area (TPSA) is 110 Å². The molecule has 0 aliphatic heterocycles. The first kappa shape index (κ1) is 21.8. The highest BCUT2D eigenvalue weighted by atomic mass is 16.5. The molecule has 1 amide bonds. The Balaban J connectivity index is 1.60. The number of nitrogens with one attached hydrogen (secondary N) is 2. The molecule has 1 atom stereocenters. The number of esters is 2. The van der Waals surface area contributed by atoms with Crippen molar-refractivity contribution in [2.45, 2.75) is 26.4 Å². The number of carbonyl (C=O) groups is 3. The molecular formula is C23H23N3O5. The smallest absolute Gasteiger partial charge is 0.338 e. The van der Waals surface area contributed by atoms with E-state index in [2.05, 4.69) is 15.3 Å². The van der Waals surface area contributed by atoms with Crippen molar-refractivity contribution < 1.29 is 23.9 Å². The predicted octanol–water partition coefficient (Wildman–Crippen LogP) is 3.83. The second-order valence-corrected chi connectivity index (χ2v) is 6.60. The number of ether oxygens (including phenoxy) is 2. The minimum atomic E-state index is -0.956. The Morgan fingerprint density at radius 2 is 1.61 bits per heavy atom. The van der Waals surface area contributed by atoms with E-state index in [1.54, 1.807) is 74.8 Å². The van der Waals surface area contributed by atoms with Crippen LogP contribution in [0.25, 0.3) is 11.4 Å². The van der Waals surface area contributed by atoms with E-state index in [0.29, 0.717) is 29.1 Å². The first-order valence-corrected chi connectivity index (χ1v) is 9.90. The van der Waals surface area contributed by atoms with Gasteiger partial charge in [0.05, 0.1) is 17.7 Å². The number of benzene rings is 2. The lowest BCUT2D eigenvalue weighted by Gasteiger charge is -2.16. The summed E-state index contributed by atoms with van der Waals surface area (Å²) < 4.78 is 10.3. The zero-order valence-corrected chi connectivity index (χ0v) is 17.3. The van der Waals surface area contributed by atoms with Crippen LogP contribution in [0.4, 0.5) is 5.69 Å². The molecule has 31 heavy (non-hydrogen) atoms. The van der Waals surface area contributed by atoms with Gasteiger partial charge in [-0.1, -0.05) is 19.1 Å². The fourth-order valence-corrected chi connectivity index (χ4v) is 2.83. The molecule has 2 aromatic carbocycles. The van der Waals surface area contributed by atoms with Gasteiger partial charge in [0, 0.05) is 23.6 Å². The third-order valence-electron chi connectivity index (χ3n) is 4.47. The molecule has 1 aromatic heterocycles. The van der Waals surface area contributed by atoms with E-state index in [1.165, 1.54) is 0 Å². The predicted molar refractivity (Wildman–Crippen MR) is 115 cm³/mol. The average molecular weight is 421 g/mol. The van der Waals surface area contributed by atoms with Gasteiger partial charge in [-0.05, 0) is 49.7 Å². The summed E-state index contributed by atoms with van der Waals surface area (Å²) in [5, 5.41) is 2.69. The summed E-state index contributed by atoms with van der Waals surface area (Å²) in [5.41, 5.74) is 2.03. The van der Waals surface area contributed by atoms with E-state index >= 15 is 0 Å². The third-order valence-corrected chi connectivity index (χ3v) is 4.47. The quantitative estimate of drug-likeness (QED) is 0.535. The van der Waals surface area contributed by atoms with E-state index in [-0.39, 0.29) is 6.61 Å². The number of nitrogens with zero attached hydrogens (tertiary/aromatic N) is 1. The number of aromatic nitrogens is 2. The van der Waals surface area contributed by atoms with E-state index in [4.69, 9.17) is 9.47 Å². The molecule has 1 heterocycles. The monoisotopic (exact) mass is 421 g/mol. The number of anilines is 1. The molecular weight excluding hydrogens is 398 g/mol. The van der Waals surface area contributed by atoms with Crippen molar-refractivity contribution in [3.8, 4) is 11.4 Å². The standard InChI is InChI=1S/C23H23N3O5/c1-3-19(21(27)26-18-11-9-16(10-12-18)22(28)30-4-2)31-23(29)17-7-5-15(6-8-17)20-24-13-14-25-20/h5-14,19H,3-4H2,1-2H3,(H,24,25)(H,26,27). The number of hydrogen-bond donors (Lipinski definition) is 2. The van der Waals surface area contributed by atoms with Crippen molar-refractivity contribution >= 4 is 23.5 Å². The first-order valence-electron chi connectivity index (χ1n) is 9.90. The second kappa shape index (κ2) is 10.2. The molecule has 3 aromatic rings. The van der Waals surface area contributed by atoms with Gasteiger partial charge in [0.25, 0.3) is 5.91 Å². The normalized spacial score (nSPS) is 11.4. The largest absolute Gasteiger partial charge is 0.462 e. The lowest BCUT2D eigenvalue weighted by Crippen LogP contribution is -2.32. The number of hydrogen-bond acceptors (Lipinski definition) is 6. The van der Waals surface area contributed by atoms with Crippen LogP contribution in [0.3, 0.4) is 0 Å². The van der Waals surface area contributed by atoms with Gasteiger partial charge in [-0.2, -0.15) is 0 Å². The van der Waals surface area contributed by atoms with Crippen LogP contribution < -0.4 is 5.32 Å². The SMILES string of the molecule is CCOC(=O)c1ccc(NC(=O)C(CC)OC(=O)c2ccc(-c3ncc[nH]3)cc2)cc1. The van der Waals surface area contributed by atoms with E-state index in [0.717, 1.165) is 5.56 Å². The van der Waals surface area contributed by atoms with E-state index < -0.39 is 23.9 Å². The summed E-state index contributed by atoms with van der Waals surface area (Å²) in [6.07, 6.45) is 2.71. The lowest BCUT2D eigenvalue weighted by molar-refractivity contribution is -0.124. The van der Waals surface area contributed by atoms with E-state index in [9.17, 15) is 14.4 Å². The Hall–Kier alpha value is -3.94. The molecule has 1 unspecified atom stereocenters. The van der Waals surface area contributed by atoms with Gasteiger partial charge < -0.3 is 19.8 Å². The highest BCUT2D eigenvalue weighted by molar-refractivity contribution is 5.98. The molecule has 0 aliphatic carbocycles. The maximum absolute atomic E-state index is 12.5. The molecule has 0 radical (unpaired) electrons. The fraction of sp³-hybridized carbons (Fsp3) is 0.217.